The highest BCUT2D eigenvalue weighted by molar-refractivity contribution is 7.99. The first-order valence-electron chi connectivity index (χ1n) is 9.66. The first-order chi connectivity index (χ1) is 15.6. The molecule has 2 aromatic heterocycles. The van der Waals surface area contributed by atoms with Crippen molar-refractivity contribution >= 4 is 23.4 Å². The normalized spacial score (nSPS) is 10.6. The zero-order valence-electron chi connectivity index (χ0n) is 16.8. The Morgan fingerprint density at radius 1 is 1.03 bits per heavy atom. The number of aromatic nitrogens is 4. The number of carbonyl (C=O) groups excluding carboxylic acids is 1. The van der Waals surface area contributed by atoms with Crippen LogP contribution in [0.4, 0.5) is 5.69 Å². The van der Waals surface area contributed by atoms with Gasteiger partial charge in [-0.25, -0.2) is 0 Å². The van der Waals surface area contributed by atoms with Crippen LogP contribution >= 0.6 is 11.8 Å². The summed E-state index contributed by atoms with van der Waals surface area (Å²) >= 11 is 1.27. The molecule has 0 unspecified atom stereocenters. The largest absolute Gasteiger partial charge is 0.351 e. The van der Waals surface area contributed by atoms with Gasteiger partial charge in [0.1, 0.15) is 0 Å². The van der Waals surface area contributed by atoms with Crippen molar-refractivity contribution in [3.8, 4) is 17.1 Å². The number of hydrogen-bond acceptors (Lipinski definition) is 7. The van der Waals surface area contributed by atoms with E-state index >= 15 is 0 Å². The first-order valence-corrected chi connectivity index (χ1v) is 10.6. The summed E-state index contributed by atoms with van der Waals surface area (Å²) in [7, 11) is 0. The lowest BCUT2D eigenvalue weighted by molar-refractivity contribution is -0.384. The van der Waals surface area contributed by atoms with E-state index in [2.05, 4.69) is 20.5 Å². The summed E-state index contributed by atoms with van der Waals surface area (Å²) in [6.07, 6.45) is 3.41. The monoisotopic (exact) mass is 446 g/mol. The predicted octanol–water partition coefficient (Wildman–Crippen LogP) is 3.65. The minimum absolute atomic E-state index is 0.0142. The van der Waals surface area contributed by atoms with E-state index < -0.39 is 4.92 Å². The fourth-order valence-corrected chi connectivity index (χ4v) is 3.75. The van der Waals surface area contributed by atoms with E-state index in [9.17, 15) is 14.9 Å². The van der Waals surface area contributed by atoms with Gasteiger partial charge in [0.2, 0.25) is 5.91 Å². The molecule has 0 saturated heterocycles. The number of rotatable bonds is 8. The van der Waals surface area contributed by atoms with Gasteiger partial charge in [-0.1, -0.05) is 42.1 Å². The molecular weight excluding hydrogens is 428 g/mol. The van der Waals surface area contributed by atoms with Gasteiger partial charge in [-0.3, -0.25) is 24.5 Å². The van der Waals surface area contributed by atoms with Crippen molar-refractivity contribution in [2.75, 3.05) is 5.75 Å². The van der Waals surface area contributed by atoms with Gasteiger partial charge in [0.05, 0.1) is 10.7 Å². The Bertz CT molecular complexity index is 1210. The fourth-order valence-electron chi connectivity index (χ4n) is 2.97. The molecule has 0 atom stereocenters. The molecule has 0 radical (unpaired) electrons. The molecule has 1 N–H and O–H groups in total. The topological polar surface area (TPSA) is 116 Å². The van der Waals surface area contributed by atoms with E-state index in [4.69, 9.17) is 0 Å². The lowest BCUT2D eigenvalue weighted by Crippen LogP contribution is -2.24. The van der Waals surface area contributed by atoms with Gasteiger partial charge >= 0.3 is 0 Å². The minimum atomic E-state index is -0.457. The van der Waals surface area contributed by atoms with Crippen LogP contribution in [0, 0.1) is 10.1 Å². The van der Waals surface area contributed by atoms with Crippen LogP contribution in [0.5, 0.6) is 0 Å². The standard InChI is InChI=1S/C22H18N6O3S/c29-20(24-13-16-8-10-19(11-9-16)28(30)31)15-32-22-26-25-21(17-5-4-12-23-14-17)27(22)18-6-2-1-3-7-18/h1-12,14H,13,15H2,(H,24,29). The van der Waals surface area contributed by atoms with Gasteiger partial charge in [0.25, 0.3) is 5.69 Å². The number of nitrogens with zero attached hydrogens (tertiary/aromatic N) is 5. The number of thioether (sulfide) groups is 1. The summed E-state index contributed by atoms with van der Waals surface area (Å²) < 4.78 is 1.89. The molecular formula is C22H18N6O3S. The number of benzene rings is 2. The van der Waals surface area contributed by atoms with Gasteiger partial charge in [-0.2, -0.15) is 0 Å². The molecule has 0 fully saturated rings. The number of carbonyl (C=O) groups is 1. The molecule has 2 aromatic carbocycles. The molecule has 0 saturated carbocycles. The van der Waals surface area contributed by atoms with E-state index in [-0.39, 0.29) is 23.9 Å². The van der Waals surface area contributed by atoms with Crippen molar-refractivity contribution in [3.63, 3.8) is 0 Å². The molecule has 9 nitrogen and oxygen atoms in total. The van der Waals surface area contributed by atoms with E-state index in [0.29, 0.717) is 11.0 Å². The molecule has 1 amide bonds. The summed E-state index contributed by atoms with van der Waals surface area (Å²) in [6.45, 7) is 0.281. The van der Waals surface area contributed by atoms with Crippen molar-refractivity contribution in [1.82, 2.24) is 25.1 Å². The maximum atomic E-state index is 12.4. The number of amides is 1. The first kappa shape index (κ1) is 21.2. The lowest BCUT2D eigenvalue weighted by Gasteiger charge is -2.10. The SMILES string of the molecule is O=C(CSc1nnc(-c2cccnc2)n1-c1ccccc1)NCc1ccc([N+](=O)[O-])cc1. The zero-order chi connectivity index (χ0) is 22.3. The molecule has 32 heavy (non-hydrogen) atoms. The van der Waals surface area contributed by atoms with Crippen molar-refractivity contribution in [2.24, 2.45) is 0 Å². The molecule has 10 heteroatoms. The Kier molecular flexibility index (Phi) is 6.52. The number of non-ortho nitro benzene ring substituents is 1. The number of nitrogens with one attached hydrogen (secondary N) is 1. The van der Waals surface area contributed by atoms with Crippen molar-refractivity contribution < 1.29 is 9.72 Å². The highest BCUT2D eigenvalue weighted by Crippen LogP contribution is 2.27. The highest BCUT2D eigenvalue weighted by atomic mass is 32.2. The lowest BCUT2D eigenvalue weighted by atomic mass is 10.2. The predicted molar refractivity (Wildman–Crippen MR) is 120 cm³/mol. The van der Waals surface area contributed by atoms with Gasteiger partial charge in [-0.05, 0) is 29.8 Å². The number of para-hydroxylation sites is 1. The number of hydrogen-bond donors (Lipinski definition) is 1. The van der Waals surface area contributed by atoms with Crippen LogP contribution in [0.15, 0.2) is 84.3 Å². The van der Waals surface area contributed by atoms with Gasteiger partial charge in [0, 0.05) is 42.3 Å². The molecule has 0 bridgehead atoms. The van der Waals surface area contributed by atoms with Crippen molar-refractivity contribution in [3.05, 3.63) is 94.8 Å². The van der Waals surface area contributed by atoms with Crippen LogP contribution in [0.1, 0.15) is 5.56 Å². The van der Waals surface area contributed by atoms with E-state index in [0.717, 1.165) is 16.8 Å². The molecule has 0 aliphatic carbocycles. The summed E-state index contributed by atoms with van der Waals surface area (Å²) in [5, 5.41) is 22.8. The zero-order valence-corrected chi connectivity index (χ0v) is 17.6. The number of pyridine rings is 1. The second-order valence-corrected chi connectivity index (χ2v) is 7.65. The molecule has 2 heterocycles. The third-order valence-electron chi connectivity index (χ3n) is 4.54. The number of nitro benzene ring substituents is 1. The maximum absolute atomic E-state index is 12.4. The van der Waals surface area contributed by atoms with Gasteiger partial charge < -0.3 is 5.32 Å². The van der Waals surface area contributed by atoms with Crippen LogP contribution in [0.2, 0.25) is 0 Å². The Hall–Kier alpha value is -4.05. The van der Waals surface area contributed by atoms with Gasteiger partial charge in [0.15, 0.2) is 11.0 Å². The molecule has 0 aliphatic rings. The Morgan fingerprint density at radius 3 is 2.50 bits per heavy atom. The minimum Gasteiger partial charge on any atom is -0.351 e. The van der Waals surface area contributed by atoms with Crippen molar-refractivity contribution in [2.45, 2.75) is 11.7 Å². The Labute approximate surface area is 187 Å². The Morgan fingerprint density at radius 2 is 1.81 bits per heavy atom. The summed E-state index contributed by atoms with van der Waals surface area (Å²) in [6, 6.07) is 19.5. The smallest absolute Gasteiger partial charge is 0.269 e. The average Bonchev–Trinajstić information content (AvgIpc) is 3.27. The fraction of sp³-hybridized carbons (Fsp3) is 0.0909. The maximum Gasteiger partial charge on any atom is 0.269 e. The van der Waals surface area contributed by atoms with Crippen LogP contribution in [0.25, 0.3) is 17.1 Å². The van der Waals surface area contributed by atoms with Crippen LogP contribution < -0.4 is 5.32 Å². The van der Waals surface area contributed by atoms with Crippen molar-refractivity contribution in [1.29, 1.82) is 0 Å². The molecule has 0 aliphatic heterocycles. The van der Waals surface area contributed by atoms with Crippen LogP contribution in [-0.4, -0.2) is 36.3 Å². The highest BCUT2D eigenvalue weighted by Gasteiger charge is 2.17. The third-order valence-corrected chi connectivity index (χ3v) is 5.47. The van der Waals surface area contributed by atoms with Gasteiger partial charge in [-0.15, -0.1) is 10.2 Å². The Balaban J connectivity index is 1.45. The number of nitro groups is 1. The summed E-state index contributed by atoms with van der Waals surface area (Å²) in [4.78, 5) is 26.8. The molecule has 4 aromatic rings. The van der Waals surface area contributed by atoms with Crippen LogP contribution in [0.3, 0.4) is 0 Å². The summed E-state index contributed by atoms with van der Waals surface area (Å²) in [5.74, 6) is 0.599. The second kappa shape index (κ2) is 9.84. The molecule has 160 valence electrons. The molecule has 0 spiro atoms. The third kappa shape index (κ3) is 4.98. The molecule has 4 rings (SSSR count). The van der Waals surface area contributed by atoms with E-state index in [1.54, 1.807) is 24.5 Å². The van der Waals surface area contributed by atoms with E-state index in [1.165, 1.54) is 23.9 Å². The quantitative estimate of drug-likeness (QED) is 0.249. The second-order valence-electron chi connectivity index (χ2n) is 6.71. The summed E-state index contributed by atoms with van der Waals surface area (Å²) in [5.41, 5.74) is 2.49. The van der Waals surface area contributed by atoms with E-state index in [1.807, 2.05) is 47.0 Å². The average molecular weight is 446 g/mol. The van der Waals surface area contributed by atoms with Crippen LogP contribution in [-0.2, 0) is 11.3 Å².